The van der Waals surface area contributed by atoms with Crippen LogP contribution in [0.15, 0.2) is 42.5 Å². The number of carbonyl (C=O) groups excluding carboxylic acids is 2. The van der Waals surface area contributed by atoms with E-state index < -0.39 is 5.91 Å². The largest absolute Gasteiger partial charge is 0.483 e. The monoisotopic (exact) mass is 326 g/mol. The van der Waals surface area contributed by atoms with Crippen molar-refractivity contribution in [1.82, 2.24) is 10.9 Å². The van der Waals surface area contributed by atoms with Gasteiger partial charge in [0.15, 0.2) is 6.61 Å². The molecule has 0 radical (unpaired) electrons. The van der Waals surface area contributed by atoms with Crippen LogP contribution in [0.1, 0.15) is 34.0 Å². The lowest BCUT2D eigenvalue weighted by Gasteiger charge is -2.11. The van der Waals surface area contributed by atoms with E-state index in [4.69, 9.17) is 4.74 Å². The third-order valence-electron chi connectivity index (χ3n) is 3.85. The van der Waals surface area contributed by atoms with Gasteiger partial charge in [0.05, 0.1) is 0 Å². The fourth-order valence-electron chi connectivity index (χ4n) is 2.15. The van der Waals surface area contributed by atoms with Crippen LogP contribution in [0.5, 0.6) is 5.75 Å². The van der Waals surface area contributed by atoms with Crippen molar-refractivity contribution in [3.8, 4) is 5.75 Å². The smallest absolute Gasteiger partial charge is 0.276 e. The third-order valence-corrected chi connectivity index (χ3v) is 3.85. The topological polar surface area (TPSA) is 67.4 Å². The minimum absolute atomic E-state index is 0.167. The molecule has 0 aliphatic rings. The average Bonchev–Trinajstić information content (AvgIpc) is 2.61. The molecule has 24 heavy (non-hydrogen) atoms. The van der Waals surface area contributed by atoms with Gasteiger partial charge in [-0.25, -0.2) is 0 Å². The predicted molar refractivity (Wildman–Crippen MR) is 92.8 cm³/mol. The molecule has 2 rings (SSSR count). The van der Waals surface area contributed by atoms with Crippen molar-refractivity contribution in [2.24, 2.45) is 0 Å². The lowest BCUT2D eigenvalue weighted by atomic mass is 10.1. The van der Waals surface area contributed by atoms with Crippen LogP contribution < -0.4 is 15.6 Å². The molecule has 5 heteroatoms. The van der Waals surface area contributed by atoms with E-state index in [1.165, 1.54) is 0 Å². The molecule has 0 atom stereocenters. The maximum absolute atomic E-state index is 12.0. The van der Waals surface area contributed by atoms with Crippen LogP contribution in [0, 0.1) is 13.8 Å². The Morgan fingerprint density at radius 3 is 2.38 bits per heavy atom. The van der Waals surface area contributed by atoms with Crippen LogP contribution >= 0.6 is 0 Å². The summed E-state index contributed by atoms with van der Waals surface area (Å²) in [5.41, 5.74) is 8.45. The van der Waals surface area contributed by atoms with E-state index in [1.807, 2.05) is 51.1 Å². The molecule has 2 aromatic rings. The summed E-state index contributed by atoms with van der Waals surface area (Å²) in [7, 11) is 0. The maximum atomic E-state index is 12.0. The second-order valence-corrected chi connectivity index (χ2v) is 5.54. The molecule has 126 valence electrons. The van der Waals surface area contributed by atoms with Crippen LogP contribution in [0.2, 0.25) is 0 Å². The Labute approximate surface area is 142 Å². The van der Waals surface area contributed by atoms with Gasteiger partial charge in [0.2, 0.25) is 0 Å². The minimum Gasteiger partial charge on any atom is -0.483 e. The molecular weight excluding hydrogens is 304 g/mol. The van der Waals surface area contributed by atoms with Gasteiger partial charge in [-0.15, -0.1) is 0 Å². The van der Waals surface area contributed by atoms with Gasteiger partial charge in [0, 0.05) is 5.56 Å². The van der Waals surface area contributed by atoms with E-state index in [2.05, 4.69) is 10.9 Å². The number of carbonyl (C=O) groups is 2. The molecule has 5 nitrogen and oxygen atoms in total. The molecule has 0 aliphatic heterocycles. The van der Waals surface area contributed by atoms with Gasteiger partial charge in [0.1, 0.15) is 5.75 Å². The van der Waals surface area contributed by atoms with Crippen molar-refractivity contribution in [3.63, 3.8) is 0 Å². The van der Waals surface area contributed by atoms with Gasteiger partial charge in [-0.05, 0) is 55.2 Å². The summed E-state index contributed by atoms with van der Waals surface area (Å²) in [4.78, 5) is 23.8. The summed E-state index contributed by atoms with van der Waals surface area (Å²) < 4.78 is 5.48. The summed E-state index contributed by atoms with van der Waals surface area (Å²) in [6.45, 7) is 5.79. The normalized spacial score (nSPS) is 10.1. The average molecular weight is 326 g/mol. The molecule has 0 unspecified atom stereocenters. The molecular formula is C19H22N2O3. The number of aryl methyl sites for hydroxylation is 2. The highest BCUT2D eigenvalue weighted by Crippen LogP contribution is 2.20. The van der Waals surface area contributed by atoms with Crippen molar-refractivity contribution >= 4 is 11.8 Å². The quantitative estimate of drug-likeness (QED) is 0.830. The van der Waals surface area contributed by atoms with Crippen LogP contribution in [0.4, 0.5) is 0 Å². The summed E-state index contributed by atoms with van der Waals surface area (Å²) in [5, 5.41) is 0. The molecule has 2 amide bonds. The van der Waals surface area contributed by atoms with E-state index in [0.717, 1.165) is 23.1 Å². The highest BCUT2D eigenvalue weighted by molar-refractivity contribution is 5.95. The van der Waals surface area contributed by atoms with Gasteiger partial charge in [-0.1, -0.05) is 31.2 Å². The Morgan fingerprint density at radius 2 is 1.71 bits per heavy atom. The van der Waals surface area contributed by atoms with Crippen LogP contribution in [0.25, 0.3) is 0 Å². The number of amides is 2. The highest BCUT2D eigenvalue weighted by atomic mass is 16.5. The van der Waals surface area contributed by atoms with Crippen molar-refractivity contribution in [2.75, 3.05) is 6.61 Å². The summed E-state index contributed by atoms with van der Waals surface area (Å²) >= 11 is 0. The molecule has 0 fully saturated rings. The van der Waals surface area contributed by atoms with Gasteiger partial charge in [0.25, 0.3) is 11.8 Å². The van der Waals surface area contributed by atoms with Crippen LogP contribution in [-0.4, -0.2) is 18.4 Å². The van der Waals surface area contributed by atoms with Crippen LogP contribution in [-0.2, 0) is 11.2 Å². The molecule has 2 aromatic carbocycles. The fourth-order valence-corrected chi connectivity index (χ4v) is 2.15. The number of benzene rings is 2. The minimum atomic E-state index is -0.422. The number of hydrogen-bond acceptors (Lipinski definition) is 3. The number of nitrogens with one attached hydrogen (secondary N) is 2. The SMILES string of the molecule is CCc1ccc(C(=O)NNC(=O)COc2cccc(C)c2C)cc1. The van der Waals surface area contributed by atoms with Crippen LogP contribution in [0.3, 0.4) is 0 Å². The maximum Gasteiger partial charge on any atom is 0.276 e. The van der Waals surface area contributed by atoms with Crippen molar-refractivity contribution in [3.05, 3.63) is 64.7 Å². The zero-order valence-electron chi connectivity index (χ0n) is 14.2. The molecule has 0 heterocycles. The van der Waals surface area contributed by atoms with Crippen molar-refractivity contribution < 1.29 is 14.3 Å². The van der Waals surface area contributed by atoms with E-state index >= 15 is 0 Å². The van der Waals surface area contributed by atoms with Gasteiger partial charge in [-0.3, -0.25) is 20.4 Å². The lowest BCUT2D eigenvalue weighted by molar-refractivity contribution is -0.123. The van der Waals surface area contributed by atoms with Gasteiger partial charge in [-0.2, -0.15) is 0 Å². The molecule has 0 aromatic heterocycles. The van der Waals surface area contributed by atoms with Gasteiger partial charge >= 0.3 is 0 Å². The Kier molecular flexibility index (Phi) is 5.95. The standard InChI is InChI=1S/C19H22N2O3/c1-4-15-8-10-16(11-9-15)19(23)21-20-18(22)12-24-17-7-5-6-13(2)14(17)3/h5-11H,4,12H2,1-3H3,(H,20,22)(H,21,23). The Bertz CT molecular complexity index is 724. The Balaban J connectivity index is 1.82. The van der Waals surface area contributed by atoms with E-state index in [-0.39, 0.29) is 12.5 Å². The molecule has 0 spiro atoms. The Hall–Kier alpha value is -2.82. The zero-order chi connectivity index (χ0) is 17.5. The number of rotatable bonds is 5. The first-order valence-corrected chi connectivity index (χ1v) is 7.88. The highest BCUT2D eigenvalue weighted by Gasteiger charge is 2.09. The number of ether oxygens (including phenoxy) is 1. The van der Waals surface area contributed by atoms with E-state index in [0.29, 0.717) is 11.3 Å². The van der Waals surface area contributed by atoms with Gasteiger partial charge < -0.3 is 4.74 Å². The molecule has 0 saturated heterocycles. The summed E-state index contributed by atoms with van der Waals surface area (Å²) in [6, 6.07) is 12.9. The van der Waals surface area contributed by atoms with Crippen molar-refractivity contribution in [1.29, 1.82) is 0 Å². The summed E-state index contributed by atoms with van der Waals surface area (Å²) in [6.07, 6.45) is 0.911. The molecule has 0 aliphatic carbocycles. The third kappa shape index (κ3) is 4.59. The Morgan fingerprint density at radius 1 is 1.00 bits per heavy atom. The molecule has 2 N–H and O–H groups in total. The van der Waals surface area contributed by atoms with Crippen molar-refractivity contribution in [2.45, 2.75) is 27.2 Å². The first kappa shape index (κ1) is 17.5. The predicted octanol–water partition coefficient (Wildman–Crippen LogP) is 2.71. The molecule has 0 saturated carbocycles. The number of hydrogen-bond donors (Lipinski definition) is 2. The first-order chi connectivity index (χ1) is 11.5. The molecule has 0 bridgehead atoms. The zero-order valence-corrected chi connectivity index (χ0v) is 14.2. The van der Waals surface area contributed by atoms with E-state index in [9.17, 15) is 9.59 Å². The lowest BCUT2D eigenvalue weighted by Crippen LogP contribution is -2.43. The summed E-state index contributed by atoms with van der Waals surface area (Å²) in [5.74, 6) is -0.126. The fraction of sp³-hybridized carbons (Fsp3) is 0.263. The second-order valence-electron chi connectivity index (χ2n) is 5.54. The second kappa shape index (κ2) is 8.15. The number of hydrazine groups is 1. The van der Waals surface area contributed by atoms with E-state index in [1.54, 1.807) is 12.1 Å². The first-order valence-electron chi connectivity index (χ1n) is 7.88.